The number of nitrogens with one attached hydrogen (secondary N) is 1. The molecule has 5 rings (SSSR count). The van der Waals surface area contributed by atoms with Crippen LogP contribution < -0.4 is 10.2 Å². The van der Waals surface area contributed by atoms with E-state index < -0.39 is 10.0 Å². The number of hydrogen-bond acceptors (Lipinski definition) is 8. The van der Waals surface area contributed by atoms with Gasteiger partial charge >= 0.3 is 0 Å². The highest BCUT2D eigenvalue weighted by atomic mass is 32.2. The first-order valence-corrected chi connectivity index (χ1v) is 15.7. The van der Waals surface area contributed by atoms with Crippen molar-refractivity contribution < 1.29 is 17.9 Å². The maximum atomic E-state index is 13.1. The number of sulfonamides is 1. The van der Waals surface area contributed by atoms with Gasteiger partial charge in [0.05, 0.1) is 27.3 Å². The molecule has 1 aromatic heterocycles. The topological polar surface area (TPSA) is 95.1 Å². The second-order valence-corrected chi connectivity index (χ2v) is 13.5. The number of piperazine rings is 1. The first-order chi connectivity index (χ1) is 18.6. The Morgan fingerprint density at radius 3 is 2.38 bits per heavy atom. The molecule has 210 valence electrons. The minimum atomic E-state index is -3.63. The molecule has 2 unspecified atom stereocenters. The number of nitrogens with zero attached hydrogens (tertiary/aromatic N) is 4. The largest absolute Gasteiger partial charge is 0.373 e. The van der Waals surface area contributed by atoms with Crippen LogP contribution in [0.25, 0.3) is 10.2 Å². The predicted octanol–water partition coefficient (Wildman–Crippen LogP) is 3.26. The fraction of sp³-hybridized carbons (Fsp3) is 0.500. The van der Waals surface area contributed by atoms with E-state index in [4.69, 9.17) is 9.72 Å². The molecule has 11 heteroatoms. The van der Waals surface area contributed by atoms with Gasteiger partial charge in [0.1, 0.15) is 0 Å². The summed E-state index contributed by atoms with van der Waals surface area (Å²) >= 11 is 1.76. The molecule has 3 heterocycles. The molecule has 0 radical (unpaired) electrons. The van der Waals surface area contributed by atoms with Gasteiger partial charge in [-0.1, -0.05) is 17.4 Å². The van der Waals surface area contributed by atoms with Gasteiger partial charge in [0.25, 0.3) is 5.91 Å². The maximum Gasteiger partial charge on any atom is 0.251 e. The standard InChI is InChI=1S/C28H37N5O4S2/c1-19-15-20(2)26-25(16-19)30-28(38-26)32-13-11-31(12-14-32)10-9-29-27(34)23-5-7-24(8-6-23)39(35,36)33-17-21(3)37-22(4)18-33/h5-8,15-16,21-22H,9-14,17-18H2,1-4H3,(H,29,34). The minimum absolute atomic E-state index is 0.155. The Labute approximate surface area is 234 Å². The summed E-state index contributed by atoms with van der Waals surface area (Å²) < 4.78 is 34.5. The number of hydrogen-bond donors (Lipinski definition) is 1. The highest BCUT2D eigenvalue weighted by molar-refractivity contribution is 7.89. The van der Waals surface area contributed by atoms with E-state index in [1.807, 2.05) is 13.8 Å². The molecule has 2 aliphatic heterocycles. The van der Waals surface area contributed by atoms with Crippen molar-refractivity contribution in [3.05, 3.63) is 53.1 Å². The van der Waals surface area contributed by atoms with Crippen molar-refractivity contribution in [3.63, 3.8) is 0 Å². The van der Waals surface area contributed by atoms with Crippen LogP contribution in [0.2, 0.25) is 0 Å². The van der Waals surface area contributed by atoms with E-state index in [0.717, 1.165) is 43.4 Å². The zero-order valence-electron chi connectivity index (χ0n) is 23.0. The summed E-state index contributed by atoms with van der Waals surface area (Å²) in [4.78, 5) is 22.5. The Kier molecular flexibility index (Phi) is 8.25. The number of fused-ring (bicyclic) bond motifs is 1. The Hall–Kier alpha value is -2.57. The predicted molar refractivity (Wildman–Crippen MR) is 155 cm³/mol. The van der Waals surface area contributed by atoms with Crippen LogP contribution in [0.1, 0.15) is 35.3 Å². The summed E-state index contributed by atoms with van der Waals surface area (Å²) in [6, 6.07) is 10.5. The van der Waals surface area contributed by atoms with Crippen LogP contribution in [0.3, 0.4) is 0 Å². The minimum Gasteiger partial charge on any atom is -0.373 e. The number of thiazole rings is 1. The molecule has 2 aliphatic rings. The van der Waals surface area contributed by atoms with Gasteiger partial charge < -0.3 is 15.0 Å². The first-order valence-electron chi connectivity index (χ1n) is 13.5. The number of amides is 1. The Morgan fingerprint density at radius 2 is 1.72 bits per heavy atom. The fourth-order valence-electron chi connectivity index (χ4n) is 5.35. The zero-order valence-corrected chi connectivity index (χ0v) is 24.6. The third-order valence-corrected chi connectivity index (χ3v) is 10.4. The third-order valence-electron chi connectivity index (χ3n) is 7.31. The van der Waals surface area contributed by atoms with Crippen LogP contribution >= 0.6 is 11.3 Å². The van der Waals surface area contributed by atoms with Crippen molar-refractivity contribution in [2.75, 3.05) is 57.3 Å². The Morgan fingerprint density at radius 1 is 1.05 bits per heavy atom. The molecule has 2 atom stereocenters. The van der Waals surface area contributed by atoms with E-state index in [1.165, 1.54) is 32.3 Å². The molecule has 2 aromatic carbocycles. The molecule has 0 spiro atoms. The number of carbonyl (C=O) groups excluding carboxylic acids is 1. The number of aromatic nitrogens is 1. The zero-order chi connectivity index (χ0) is 27.7. The SMILES string of the molecule is Cc1cc(C)c2sc(N3CCN(CCNC(=O)c4ccc(S(=O)(=O)N5CC(C)OC(C)C5)cc4)CC3)nc2c1. The number of rotatable bonds is 7. The van der Waals surface area contributed by atoms with Crippen molar-refractivity contribution >= 4 is 42.6 Å². The number of carbonyl (C=O) groups is 1. The summed E-state index contributed by atoms with van der Waals surface area (Å²) in [5, 5.41) is 4.05. The summed E-state index contributed by atoms with van der Waals surface area (Å²) in [6.07, 6.45) is -0.310. The van der Waals surface area contributed by atoms with E-state index >= 15 is 0 Å². The smallest absolute Gasteiger partial charge is 0.251 e. The van der Waals surface area contributed by atoms with E-state index in [1.54, 1.807) is 23.5 Å². The molecule has 0 aliphatic carbocycles. The second-order valence-electron chi connectivity index (χ2n) is 10.6. The van der Waals surface area contributed by atoms with Crippen LogP contribution in [0, 0.1) is 13.8 Å². The highest BCUT2D eigenvalue weighted by Gasteiger charge is 2.32. The second kappa shape index (κ2) is 11.5. The van der Waals surface area contributed by atoms with Gasteiger partial charge in [0, 0.05) is 57.9 Å². The van der Waals surface area contributed by atoms with E-state index in [0.29, 0.717) is 25.2 Å². The van der Waals surface area contributed by atoms with Crippen LogP contribution in [-0.2, 0) is 14.8 Å². The number of aryl methyl sites for hydroxylation is 2. The number of anilines is 1. The van der Waals surface area contributed by atoms with E-state index in [2.05, 4.69) is 41.1 Å². The van der Waals surface area contributed by atoms with Gasteiger partial charge in [0.2, 0.25) is 10.0 Å². The van der Waals surface area contributed by atoms with Crippen molar-refractivity contribution in [1.82, 2.24) is 19.5 Å². The maximum absolute atomic E-state index is 13.1. The molecule has 2 saturated heterocycles. The Bertz CT molecular complexity index is 1420. The monoisotopic (exact) mass is 571 g/mol. The molecule has 2 fully saturated rings. The third kappa shape index (κ3) is 6.28. The number of morpholine rings is 1. The van der Waals surface area contributed by atoms with Gasteiger partial charge in [-0.05, 0) is 69.2 Å². The summed E-state index contributed by atoms with van der Waals surface area (Å²) in [5.74, 6) is -0.202. The van der Waals surface area contributed by atoms with Gasteiger partial charge in [0.15, 0.2) is 5.13 Å². The first kappa shape index (κ1) is 28.0. The molecule has 3 aromatic rings. The van der Waals surface area contributed by atoms with Crippen LogP contribution in [0.5, 0.6) is 0 Å². The molecular weight excluding hydrogens is 534 g/mol. The van der Waals surface area contributed by atoms with Crippen molar-refractivity contribution in [2.24, 2.45) is 0 Å². The lowest BCUT2D eigenvalue weighted by Gasteiger charge is -2.34. The molecule has 1 amide bonds. The average Bonchev–Trinajstić information content (AvgIpc) is 3.33. The van der Waals surface area contributed by atoms with Gasteiger partial charge in [-0.3, -0.25) is 9.69 Å². The molecule has 9 nitrogen and oxygen atoms in total. The van der Waals surface area contributed by atoms with Crippen LogP contribution in [-0.4, -0.2) is 93.1 Å². The average molecular weight is 572 g/mol. The van der Waals surface area contributed by atoms with Crippen molar-refractivity contribution in [3.8, 4) is 0 Å². The fourth-order valence-corrected chi connectivity index (χ4v) is 8.00. The highest BCUT2D eigenvalue weighted by Crippen LogP contribution is 2.32. The van der Waals surface area contributed by atoms with Gasteiger partial charge in [-0.15, -0.1) is 0 Å². The number of ether oxygens (including phenoxy) is 1. The quantitative estimate of drug-likeness (QED) is 0.465. The van der Waals surface area contributed by atoms with Crippen molar-refractivity contribution in [1.29, 1.82) is 0 Å². The molecular formula is C28H37N5O4S2. The molecule has 0 bridgehead atoms. The van der Waals surface area contributed by atoms with Crippen LogP contribution in [0.15, 0.2) is 41.3 Å². The summed E-state index contributed by atoms with van der Waals surface area (Å²) in [6.45, 7) is 13.6. The lowest BCUT2D eigenvalue weighted by Crippen LogP contribution is -2.48. The number of benzene rings is 2. The van der Waals surface area contributed by atoms with Gasteiger partial charge in [-0.2, -0.15) is 4.31 Å². The Balaban J connectivity index is 1.09. The van der Waals surface area contributed by atoms with Crippen LogP contribution in [0.4, 0.5) is 5.13 Å². The van der Waals surface area contributed by atoms with E-state index in [9.17, 15) is 13.2 Å². The summed E-state index contributed by atoms with van der Waals surface area (Å²) in [5.41, 5.74) is 4.04. The molecule has 0 saturated carbocycles. The summed E-state index contributed by atoms with van der Waals surface area (Å²) in [7, 11) is -3.63. The molecule has 39 heavy (non-hydrogen) atoms. The molecule has 1 N–H and O–H groups in total. The lowest BCUT2D eigenvalue weighted by molar-refractivity contribution is -0.0440. The van der Waals surface area contributed by atoms with Gasteiger partial charge in [-0.25, -0.2) is 13.4 Å². The lowest BCUT2D eigenvalue weighted by atomic mass is 10.1. The normalized spacial score (nSPS) is 21.4. The van der Waals surface area contributed by atoms with Crippen molar-refractivity contribution in [2.45, 2.75) is 44.8 Å². The van der Waals surface area contributed by atoms with E-state index in [-0.39, 0.29) is 23.0 Å².